The minimum atomic E-state index is -4.41. The fraction of sp³-hybridized carbons (Fsp3) is 0.286. The molecule has 0 aliphatic heterocycles. The van der Waals surface area contributed by atoms with Crippen molar-refractivity contribution in [3.05, 3.63) is 83.9 Å². The van der Waals surface area contributed by atoms with Gasteiger partial charge in [0.05, 0.1) is 24.8 Å². The number of nitrogens with one attached hydrogen (secondary N) is 1. The molecule has 12 heteroatoms. The Labute approximate surface area is 232 Å². The molecule has 0 bridgehead atoms. The number of benzene rings is 3. The van der Waals surface area contributed by atoms with Crippen molar-refractivity contribution in [3.8, 4) is 11.5 Å². The molecule has 1 atom stereocenters. The second-order valence-corrected chi connectivity index (χ2v) is 10.6. The highest BCUT2D eigenvalue weighted by molar-refractivity contribution is 7.92. The Morgan fingerprint density at radius 1 is 0.900 bits per heavy atom. The van der Waals surface area contributed by atoms with Gasteiger partial charge in [-0.05, 0) is 60.5 Å². The third-order valence-electron chi connectivity index (χ3n) is 6.23. The molecule has 9 nitrogen and oxygen atoms in total. The van der Waals surface area contributed by atoms with E-state index in [4.69, 9.17) is 9.47 Å². The van der Waals surface area contributed by atoms with Crippen LogP contribution in [0.4, 0.5) is 14.5 Å². The quantitative estimate of drug-likeness (QED) is 0.353. The second kappa shape index (κ2) is 13.2. The summed E-state index contributed by atoms with van der Waals surface area (Å²) in [7, 11) is -0.225. The minimum absolute atomic E-state index is 0.0271. The van der Waals surface area contributed by atoms with Gasteiger partial charge in [0.25, 0.3) is 10.0 Å². The molecule has 2 amide bonds. The number of carbonyl (C=O) groups excluding carboxylic acids is 2. The molecule has 3 rings (SSSR count). The van der Waals surface area contributed by atoms with Crippen LogP contribution in [0, 0.1) is 11.6 Å². The molecule has 0 spiro atoms. The number of halogens is 2. The lowest BCUT2D eigenvalue weighted by atomic mass is 10.1. The topological polar surface area (TPSA) is 105 Å². The molecule has 0 aliphatic rings. The number of carbonyl (C=O) groups is 2. The van der Waals surface area contributed by atoms with Gasteiger partial charge in [-0.15, -0.1) is 0 Å². The molecule has 0 radical (unpaired) electrons. The van der Waals surface area contributed by atoms with Crippen LogP contribution in [0.15, 0.2) is 71.6 Å². The highest BCUT2D eigenvalue weighted by Crippen LogP contribution is 2.32. The van der Waals surface area contributed by atoms with Crippen LogP contribution in [-0.4, -0.2) is 59.0 Å². The second-order valence-electron chi connectivity index (χ2n) is 8.69. The smallest absolute Gasteiger partial charge is 0.264 e. The lowest BCUT2D eigenvalue weighted by Crippen LogP contribution is -2.51. The van der Waals surface area contributed by atoms with Crippen LogP contribution >= 0.6 is 0 Å². The number of likely N-dealkylation sites (N-methyl/N-ethyl adjacent to an activating group) is 1. The highest BCUT2D eigenvalue weighted by Gasteiger charge is 2.34. The summed E-state index contributed by atoms with van der Waals surface area (Å²) in [4.78, 5) is 27.6. The molecule has 0 aliphatic carbocycles. The van der Waals surface area contributed by atoms with Crippen molar-refractivity contribution < 1.29 is 36.3 Å². The fourth-order valence-electron chi connectivity index (χ4n) is 4.11. The summed E-state index contributed by atoms with van der Waals surface area (Å²) in [6, 6.07) is 13.1. The number of anilines is 1. The first-order valence-corrected chi connectivity index (χ1v) is 13.8. The number of hydrogen-bond acceptors (Lipinski definition) is 6. The number of sulfonamides is 1. The Balaban J connectivity index is 2.08. The summed E-state index contributed by atoms with van der Waals surface area (Å²) in [6.45, 7) is 0.915. The number of rotatable bonds is 12. The summed E-state index contributed by atoms with van der Waals surface area (Å²) in [6.07, 6.45) is 0.228. The fourth-order valence-corrected chi connectivity index (χ4v) is 5.54. The normalized spacial score (nSPS) is 11.8. The van der Waals surface area contributed by atoms with Gasteiger partial charge in [-0.25, -0.2) is 17.2 Å². The maximum atomic E-state index is 13.9. The number of amides is 2. The van der Waals surface area contributed by atoms with Gasteiger partial charge in [-0.1, -0.05) is 19.1 Å². The molecular formula is C28H31F2N3O6S. The van der Waals surface area contributed by atoms with Crippen LogP contribution in [0.1, 0.15) is 18.9 Å². The summed E-state index contributed by atoms with van der Waals surface area (Å²) in [5, 5.41) is 2.52. The summed E-state index contributed by atoms with van der Waals surface area (Å²) < 4.78 is 66.4. The Bertz CT molecular complexity index is 1430. The monoisotopic (exact) mass is 575 g/mol. The third kappa shape index (κ3) is 6.87. The van der Waals surface area contributed by atoms with Crippen molar-refractivity contribution in [1.29, 1.82) is 0 Å². The molecule has 3 aromatic carbocycles. The standard InChI is InChI=1S/C28H31F2N3O6S/c1-5-24(28(35)31-2)32(17-19-6-8-20(29)9-7-19)27(34)18-33(22-12-10-21(30)11-13-22)40(36,37)23-14-15-25(38-3)26(16-23)39-4/h6-16,24H,5,17-18H2,1-4H3,(H,31,35). The van der Waals surface area contributed by atoms with E-state index in [0.717, 1.165) is 16.4 Å². The zero-order valence-corrected chi connectivity index (χ0v) is 23.4. The van der Waals surface area contributed by atoms with Gasteiger partial charge in [-0.3, -0.25) is 13.9 Å². The molecule has 0 aromatic heterocycles. The van der Waals surface area contributed by atoms with Crippen LogP contribution in [0.3, 0.4) is 0 Å². The Hall–Kier alpha value is -4.19. The first kappa shape index (κ1) is 30.4. The molecule has 40 heavy (non-hydrogen) atoms. The van der Waals surface area contributed by atoms with Crippen LogP contribution in [0.25, 0.3) is 0 Å². The zero-order chi connectivity index (χ0) is 29.4. The van der Waals surface area contributed by atoms with E-state index in [9.17, 15) is 26.8 Å². The average molecular weight is 576 g/mol. The van der Waals surface area contributed by atoms with E-state index in [-0.39, 0.29) is 29.3 Å². The van der Waals surface area contributed by atoms with Crippen molar-refractivity contribution in [2.75, 3.05) is 32.1 Å². The molecule has 0 fully saturated rings. The van der Waals surface area contributed by atoms with Crippen molar-refractivity contribution in [1.82, 2.24) is 10.2 Å². The van der Waals surface area contributed by atoms with Crippen LogP contribution in [0.2, 0.25) is 0 Å². The van der Waals surface area contributed by atoms with Crippen molar-refractivity contribution in [2.45, 2.75) is 30.8 Å². The van der Waals surface area contributed by atoms with Gasteiger partial charge in [-0.2, -0.15) is 0 Å². The molecular weight excluding hydrogens is 544 g/mol. The number of nitrogens with zero attached hydrogens (tertiary/aromatic N) is 2. The number of hydrogen-bond donors (Lipinski definition) is 1. The van der Waals surface area contributed by atoms with E-state index in [1.165, 1.54) is 80.8 Å². The van der Waals surface area contributed by atoms with Gasteiger partial charge in [0.1, 0.15) is 24.2 Å². The largest absolute Gasteiger partial charge is 0.493 e. The molecule has 0 saturated carbocycles. The van der Waals surface area contributed by atoms with E-state index in [1.54, 1.807) is 6.92 Å². The van der Waals surface area contributed by atoms with E-state index in [1.807, 2.05) is 0 Å². The molecule has 1 N–H and O–H groups in total. The van der Waals surface area contributed by atoms with Crippen molar-refractivity contribution in [3.63, 3.8) is 0 Å². The van der Waals surface area contributed by atoms with E-state index in [0.29, 0.717) is 11.3 Å². The first-order valence-electron chi connectivity index (χ1n) is 12.3. The molecule has 0 heterocycles. The third-order valence-corrected chi connectivity index (χ3v) is 8.00. The minimum Gasteiger partial charge on any atom is -0.493 e. The molecule has 1 unspecified atom stereocenters. The summed E-state index contributed by atoms with van der Waals surface area (Å²) >= 11 is 0. The SMILES string of the molecule is CCC(C(=O)NC)N(Cc1ccc(F)cc1)C(=O)CN(c1ccc(F)cc1)S(=O)(=O)c1ccc(OC)c(OC)c1. The highest BCUT2D eigenvalue weighted by atomic mass is 32.2. The summed E-state index contributed by atoms with van der Waals surface area (Å²) in [5.41, 5.74) is 0.562. The van der Waals surface area contributed by atoms with Crippen LogP contribution < -0.4 is 19.1 Å². The molecule has 0 saturated heterocycles. The van der Waals surface area contributed by atoms with Crippen molar-refractivity contribution >= 4 is 27.5 Å². The van der Waals surface area contributed by atoms with E-state index < -0.39 is 46.1 Å². The maximum absolute atomic E-state index is 13.9. The maximum Gasteiger partial charge on any atom is 0.264 e. The zero-order valence-electron chi connectivity index (χ0n) is 22.6. The van der Waals surface area contributed by atoms with Gasteiger partial charge in [0.2, 0.25) is 11.8 Å². The molecule has 214 valence electrons. The number of methoxy groups -OCH3 is 2. The lowest BCUT2D eigenvalue weighted by Gasteiger charge is -2.33. The first-order chi connectivity index (χ1) is 19.0. The van der Waals surface area contributed by atoms with E-state index >= 15 is 0 Å². The van der Waals surface area contributed by atoms with Gasteiger partial charge < -0.3 is 19.7 Å². The van der Waals surface area contributed by atoms with Crippen molar-refractivity contribution in [2.24, 2.45) is 0 Å². The average Bonchev–Trinajstić information content (AvgIpc) is 2.96. The number of ether oxygens (including phenoxy) is 2. The summed E-state index contributed by atoms with van der Waals surface area (Å²) in [5.74, 6) is -1.77. The van der Waals surface area contributed by atoms with E-state index in [2.05, 4.69) is 5.32 Å². The van der Waals surface area contributed by atoms with Crippen LogP contribution in [-0.2, 0) is 26.2 Å². The van der Waals surface area contributed by atoms with Gasteiger partial charge in [0, 0.05) is 19.7 Å². The lowest BCUT2D eigenvalue weighted by molar-refractivity contribution is -0.140. The van der Waals surface area contributed by atoms with Gasteiger partial charge in [0.15, 0.2) is 11.5 Å². The van der Waals surface area contributed by atoms with Crippen LogP contribution in [0.5, 0.6) is 11.5 Å². The Morgan fingerprint density at radius 2 is 1.48 bits per heavy atom. The Kier molecular flexibility index (Phi) is 10.1. The molecule has 3 aromatic rings. The van der Waals surface area contributed by atoms with Gasteiger partial charge >= 0.3 is 0 Å². The Morgan fingerprint density at radius 3 is 2.00 bits per heavy atom. The predicted octanol–water partition coefficient (Wildman–Crippen LogP) is 3.73. The predicted molar refractivity (Wildman–Crippen MR) is 146 cm³/mol.